The molecule has 16 heavy (non-hydrogen) atoms. The first kappa shape index (κ1) is 11.3. The Bertz CT molecular complexity index is 504. The van der Waals surface area contributed by atoms with Crippen molar-refractivity contribution in [3.63, 3.8) is 0 Å². The summed E-state index contributed by atoms with van der Waals surface area (Å²) in [6, 6.07) is 5.88. The summed E-state index contributed by atoms with van der Waals surface area (Å²) in [7, 11) is 0. The molecule has 0 aliphatic rings. The first-order valence-corrected chi connectivity index (χ1v) is 5.82. The van der Waals surface area contributed by atoms with Crippen LogP contribution in [0.2, 0.25) is 0 Å². The largest absolute Gasteiger partial charge is 0.323 e. The molecule has 0 bridgehead atoms. The fraction of sp³-hybridized carbons (Fsp3) is 0.273. The van der Waals surface area contributed by atoms with E-state index in [-0.39, 0.29) is 6.04 Å². The van der Waals surface area contributed by atoms with E-state index in [1.807, 2.05) is 38.2 Å². The summed E-state index contributed by atoms with van der Waals surface area (Å²) in [4.78, 5) is 0. The van der Waals surface area contributed by atoms with Crippen LogP contribution in [0, 0.1) is 6.92 Å². The van der Waals surface area contributed by atoms with Crippen molar-refractivity contribution >= 4 is 15.9 Å². The van der Waals surface area contributed by atoms with Gasteiger partial charge in [-0.2, -0.15) is 0 Å². The molecule has 1 heterocycles. The summed E-state index contributed by atoms with van der Waals surface area (Å²) in [6.07, 6.45) is 1.86. The van der Waals surface area contributed by atoms with Crippen molar-refractivity contribution in [3.05, 3.63) is 40.1 Å². The van der Waals surface area contributed by atoms with Gasteiger partial charge in [0, 0.05) is 10.5 Å². The van der Waals surface area contributed by atoms with Gasteiger partial charge in [0.25, 0.3) is 0 Å². The molecule has 0 saturated heterocycles. The van der Waals surface area contributed by atoms with Gasteiger partial charge in [-0.25, -0.2) is 4.68 Å². The molecule has 0 radical (unpaired) electrons. The first-order chi connectivity index (χ1) is 7.59. The molecule has 84 valence electrons. The van der Waals surface area contributed by atoms with E-state index >= 15 is 0 Å². The topological polar surface area (TPSA) is 56.7 Å². The van der Waals surface area contributed by atoms with E-state index in [9.17, 15) is 0 Å². The van der Waals surface area contributed by atoms with Gasteiger partial charge < -0.3 is 5.73 Å². The van der Waals surface area contributed by atoms with Gasteiger partial charge in [-0.05, 0) is 31.5 Å². The Morgan fingerprint density at radius 3 is 2.81 bits per heavy atom. The van der Waals surface area contributed by atoms with Gasteiger partial charge in [-0.1, -0.05) is 27.2 Å². The van der Waals surface area contributed by atoms with Gasteiger partial charge in [-0.3, -0.25) is 0 Å². The molecule has 1 aromatic heterocycles. The average Bonchev–Trinajstić information content (AvgIpc) is 2.71. The normalized spacial score (nSPS) is 12.8. The molecular weight excluding hydrogens is 268 g/mol. The van der Waals surface area contributed by atoms with E-state index in [2.05, 4.69) is 26.2 Å². The number of aromatic nitrogens is 3. The molecule has 2 N–H and O–H groups in total. The van der Waals surface area contributed by atoms with Crippen LogP contribution in [0.25, 0.3) is 5.69 Å². The summed E-state index contributed by atoms with van der Waals surface area (Å²) in [5.41, 5.74) is 8.68. The van der Waals surface area contributed by atoms with Crippen molar-refractivity contribution in [2.75, 3.05) is 0 Å². The minimum Gasteiger partial charge on any atom is -0.323 e. The van der Waals surface area contributed by atoms with Gasteiger partial charge in [0.1, 0.15) is 0 Å². The highest BCUT2D eigenvalue weighted by Gasteiger charge is 2.09. The second kappa shape index (κ2) is 4.35. The Morgan fingerprint density at radius 2 is 2.19 bits per heavy atom. The second-order valence-corrected chi connectivity index (χ2v) is 4.61. The Balaban J connectivity index is 2.47. The van der Waals surface area contributed by atoms with Crippen LogP contribution in [-0.4, -0.2) is 15.0 Å². The lowest BCUT2D eigenvalue weighted by Gasteiger charge is -2.06. The molecule has 1 aromatic carbocycles. The molecule has 5 heteroatoms. The molecule has 0 amide bonds. The molecule has 2 rings (SSSR count). The van der Waals surface area contributed by atoms with Gasteiger partial charge in [-0.15, -0.1) is 5.10 Å². The fourth-order valence-corrected chi connectivity index (χ4v) is 1.80. The first-order valence-electron chi connectivity index (χ1n) is 5.03. The number of hydrogen-bond acceptors (Lipinski definition) is 3. The molecule has 0 aliphatic heterocycles. The second-order valence-electron chi connectivity index (χ2n) is 3.76. The summed E-state index contributed by atoms with van der Waals surface area (Å²) in [6.45, 7) is 3.93. The summed E-state index contributed by atoms with van der Waals surface area (Å²) in [5.74, 6) is 0. The van der Waals surface area contributed by atoms with Crippen LogP contribution in [0.4, 0.5) is 0 Å². The third kappa shape index (κ3) is 2.01. The maximum atomic E-state index is 5.75. The van der Waals surface area contributed by atoms with Gasteiger partial charge in [0.15, 0.2) is 0 Å². The van der Waals surface area contributed by atoms with Crippen molar-refractivity contribution in [1.29, 1.82) is 0 Å². The average molecular weight is 281 g/mol. The molecule has 0 spiro atoms. The molecule has 1 atom stereocenters. The zero-order valence-corrected chi connectivity index (χ0v) is 10.8. The highest BCUT2D eigenvalue weighted by Crippen LogP contribution is 2.22. The van der Waals surface area contributed by atoms with E-state index in [0.717, 1.165) is 21.4 Å². The zero-order chi connectivity index (χ0) is 11.7. The SMILES string of the molecule is Cc1c(Br)cccc1-n1cc(C(C)N)nn1. The number of benzene rings is 1. The minimum atomic E-state index is -0.0961. The van der Waals surface area contributed by atoms with E-state index in [4.69, 9.17) is 5.73 Å². The highest BCUT2D eigenvalue weighted by atomic mass is 79.9. The van der Waals surface area contributed by atoms with Crippen molar-refractivity contribution < 1.29 is 0 Å². The quantitative estimate of drug-likeness (QED) is 0.919. The van der Waals surface area contributed by atoms with Gasteiger partial charge in [0.05, 0.1) is 17.6 Å². The van der Waals surface area contributed by atoms with Crippen LogP contribution in [0.3, 0.4) is 0 Å². The third-order valence-electron chi connectivity index (χ3n) is 2.46. The van der Waals surface area contributed by atoms with E-state index in [0.29, 0.717) is 0 Å². The molecule has 0 fully saturated rings. The van der Waals surface area contributed by atoms with Crippen LogP contribution >= 0.6 is 15.9 Å². The lowest BCUT2D eigenvalue weighted by atomic mass is 10.2. The van der Waals surface area contributed by atoms with Crippen molar-refractivity contribution in [3.8, 4) is 5.69 Å². The number of nitrogens with zero attached hydrogens (tertiary/aromatic N) is 3. The van der Waals surface area contributed by atoms with Crippen LogP contribution < -0.4 is 5.73 Å². The Kier molecular flexibility index (Phi) is 3.07. The number of rotatable bonds is 2. The molecule has 4 nitrogen and oxygen atoms in total. The number of nitrogens with two attached hydrogens (primary N) is 1. The standard InChI is InChI=1S/C11H13BrN4/c1-7-9(12)4-3-5-11(7)16-6-10(8(2)13)14-15-16/h3-6,8H,13H2,1-2H3. The van der Waals surface area contributed by atoms with E-state index in [1.165, 1.54) is 0 Å². The van der Waals surface area contributed by atoms with E-state index < -0.39 is 0 Å². The lowest BCUT2D eigenvalue weighted by molar-refractivity contribution is 0.755. The smallest absolute Gasteiger partial charge is 0.0995 e. The molecular formula is C11H13BrN4. The summed E-state index contributed by atoms with van der Waals surface area (Å²) in [5, 5.41) is 8.11. The van der Waals surface area contributed by atoms with Gasteiger partial charge >= 0.3 is 0 Å². The molecule has 0 saturated carbocycles. The third-order valence-corrected chi connectivity index (χ3v) is 3.32. The van der Waals surface area contributed by atoms with Crippen molar-refractivity contribution in [2.45, 2.75) is 19.9 Å². The highest BCUT2D eigenvalue weighted by molar-refractivity contribution is 9.10. The van der Waals surface area contributed by atoms with Crippen LogP contribution in [0.15, 0.2) is 28.9 Å². The zero-order valence-electron chi connectivity index (χ0n) is 9.18. The minimum absolute atomic E-state index is 0.0961. The molecule has 1 unspecified atom stereocenters. The summed E-state index contributed by atoms with van der Waals surface area (Å²) < 4.78 is 2.81. The Morgan fingerprint density at radius 1 is 1.44 bits per heavy atom. The Hall–Kier alpha value is -1.20. The summed E-state index contributed by atoms with van der Waals surface area (Å²) >= 11 is 3.49. The van der Waals surface area contributed by atoms with Crippen LogP contribution in [-0.2, 0) is 0 Å². The van der Waals surface area contributed by atoms with Crippen molar-refractivity contribution in [2.24, 2.45) is 5.73 Å². The maximum absolute atomic E-state index is 5.75. The molecule has 2 aromatic rings. The predicted molar refractivity (Wildman–Crippen MR) is 66.4 cm³/mol. The fourth-order valence-electron chi connectivity index (χ4n) is 1.45. The van der Waals surface area contributed by atoms with Gasteiger partial charge in [0.2, 0.25) is 0 Å². The van der Waals surface area contributed by atoms with Crippen molar-refractivity contribution in [1.82, 2.24) is 15.0 Å². The monoisotopic (exact) mass is 280 g/mol. The molecule has 0 aliphatic carbocycles. The maximum Gasteiger partial charge on any atom is 0.0995 e. The van der Waals surface area contributed by atoms with Crippen LogP contribution in [0.1, 0.15) is 24.2 Å². The van der Waals surface area contributed by atoms with Crippen LogP contribution in [0.5, 0.6) is 0 Å². The van der Waals surface area contributed by atoms with E-state index in [1.54, 1.807) is 4.68 Å². The number of halogens is 1. The predicted octanol–water partition coefficient (Wildman–Crippen LogP) is 2.36. The lowest BCUT2D eigenvalue weighted by Crippen LogP contribution is -2.05. The number of hydrogen-bond donors (Lipinski definition) is 1. The Labute approximate surface area is 103 Å².